The van der Waals surface area contributed by atoms with Gasteiger partial charge in [0, 0.05) is 29.1 Å². The summed E-state index contributed by atoms with van der Waals surface area (Å²) in [7, 11) is 1.92. The van der Waals surface area contributed by atoms with Crippen LogP contribution in [0.1, 0.15) is 29.8 Å². The van der Waals surface area contributed by atoms with Gasteiger partial charge in [-0.2, -0.15) is 0 Å². The summed E-state index contributed by atoms with van der Waals surface area (Å²) in [6.45, 7) is 2.94. The number of hydrogen-bond acceptors (Lipinski definition) is 5. The average molecular weight is 433 g/mol. The van der Waals surface area contributed by atoms with Gasteiger partial charge in [-0.05, 0) is 54.1 Å². The Morgan fingerprint density at radius 3 is 2.82 bits per heavy atom. The minimum Gasteiger partial charge on any atom is -0.335 e. The van der Waals surface area contributed by atoms with Gasteiger partial charge in [-0.3, -0.25) is 4.79 Å². The summed E-state index contributed by atoms with van der Waals surface area (Å²) in [6, 6.07) is 9.87. The first-order valence-electron chi connectivity index (χ1n) is 9.22. The zero-order chi connectivity index (χ0) is 19.7. The molecule has 5 nitrogen and oxygen atoms in total. The van der Waals surface area contributed by atoms with E-state index < -0.39 is 0 Å². The van der Waals surface area contributed by atoms with Crippen molar-refractivity contribution in [1.29, 1.82) is 0 Å². The molecule has 0 aliphatic carbocycles. The molecule has 1 aliphatic heterocycles. The molecular formula is C20H21ClN4OS2. The van der Waals surface area contributed by atoms with E-state index in [-0.39, 0.29) is 11.9 Å². The fourth-order valence-electron chi connectivity index (χ4n) is 3.64. The van der Waals surface area contributed by atoms with Crippen molar-refractivity contribution in [1.82, 2.24) is 19.7 Å². The molecule has 0 saturated carbocycles. The Kier molecular flexibility index (Phi) is 5.75. The van der Waals surface area contributed by atoms with E-state index in [9.17, 15) is 4.79 Å². The van der Waals surface area contributed by atoms with Crippen LogP contribution in [0.2, 0.25) is 5.02 Å². The van der Waals surface area contributed by atoms with Gasteiger partial charge in [-0.1, -0.05) is 30.3 Å². The summed E-state index contributed by atoms with van der Waals surface area (Å²) in [5.41, 5.74) is 2.27. The third-order valence-corrected chi connectivity index (χ3v) is 7.32. The minimum atomic E-state index is 0.157. The zero-order valence-corrected chi connectivity index (χ0v) is 18.2. The molecule has 3 aromatic rings. The summed E-state index contributed by atoms with van der Waals surface area (Å²) in [5, 5.41) is 12.1. The molecule has 1 aliphatic rings. The topological polar surface area (TPSA) is 51.0 Å². The van der Waals surface area contributed by atoms with Crippen LogP contribution in [0, 0.1) is 0 Å². The van der Waals surface area contributed by atoms with Gasteiger partial charge in [0.25, 0.3) is 0 Å². The molecule has 0 spiro atoms. The Balaban J connectivity index is 1.45. The van der Waals surface area contributed by atoms with Gasteiger partial charge >= 0.3 is 0 Å². The molecule has 1 amide bonds. The molecule has 2 aromatic heterocycles. The van der Waals surface area contributed by atoms with E-state index in [1.807, 2.05) is 40.8 Å². The van der Waals surface area contributed by atoms with Crippen molar-refractivity contribution < 1.29 is 4.79 Å². The molecular weight excluding hydrogens is 412 g/mol. The number of amides is 1. The Morgan fingerprint density at radius 2 is 2.07 bits per heavy atom. The lowest BCUT2D eigenvalue weighted by Crippen LogP contribution is -2.40. The summed E-state index contributed by atoms with van der Waals surface area (Å²) in [5.74, 6) is 1.28. The number of nitrogens with zero attached hydrogens (tertiary/aromatic N) is 4. The molecule has 0 N–H and O–H groups in total. The Labute approximate surface area is 177 Å². The lowest BCUT2D eigenvalue weighted by atomic mass is 9.98. The number of benzene rings is 1. The van der Waals surface area contributed by atoms with Crippen LogP contribution in [-0.2, 0) is 18.3 Å². The highest BCUT2D eigenvalue weighted by Gasteiger charge is 2.30. The highest BCUT2D eigenvalue weighted by atomic mass is 35.5. The van der Waals surface area contributed by atoms with E-state index in [2.05, 4.69) is 28.6 Å². The first-order valence-corrected chi connectivity index (χ1v) is 11.5. The van der Waals surface area contributed by atoms with Crippen LogP contribution in [0.25, 0.3) is 11.4 Å². The van der Waals surface area contributed by atoms with Crippen LogP contribution in [0.15, 0.2) is 40.9 Å². The van der Waals surface area contributed by atoms with Crippen molar-refractivity contribution >= 4 is 40.6 Å². The van der Waals surface area contributed by atoms with Crippen LogP contribution in [0.3, 0.4) is 0 Å². The largest absolute Gasteiger partial charge is 0.335 e. The van der Waals surface area contributed by atoms with Crippen molar-refractivity contribution in [2.45, 2.75) is 31.0 Å². The Hall–Kier alpha value is -1.83. The molecule has 0 radical (unpaired) electrons. The highest BCUT2D eigenvalue weighted by Crippen LogP contribution is 2.35. The second kappa shape index (κ2) is 8.27. The first kappa shape index (κ1) is 19.5. The average Bonchev–Trinajstić information content (AvgIpc) is 3.32. The molecule has 1 aromatic carbocycles. The second-order valence-corrected chi connectivity index (χ2v) is 9.10. The van der Waals surface area contributed by atoms with Gasteiger partial charge in [0.1, 0.15) is 0 Å². The number of halogens is 1. The molecule has 28 heavy (non-hydrogen) atoms. The SMILES string of the molecule is CCC1c2ccsc2CCN1C(=O)CSc1nnc(-c2ccc(Cl)cc2)n1C. The highest BCUT2D eigenvalue weighted by molar-refractivity contribution is 7.99. The van der Waals surface area contributed by atoms with E-state index in [1.165, 1.54) is 22.2 Å². The van der Waals surface area contributed by atoms with E-state index in [0.717, 1.165) is 35.9 Å². The van der Waals surface area contributed by atoms with Crippen molar-refractivity contribution in [2.75, 3.05) is 12.3 Å². The molecule has 4 rings (SSSR count). The number of rotatable bonds is 5. The van der Waals surface area contributed by atoms with Crippen molar-refractivity contribution in [3.63, 3.8) is 0 Å². The molecule has 0 bridgehead atoms. The molecule has 1 unspecified atom stereocenters. The second-order valence-electron chi connectivity index (χ2n) is 6.72. The molecule has 0 fully saturated rings. The van der Waals surface area contributed by atoms with Gasteiger partial charge in [-0.25, -0.2) is 0 Å². The van der Waals surface area contributed by atoms with Crippen LogP contribution >= 0.6 is 34.7 Å². The number of aromatic nitrogens is 3. The number of carbonyl (C=O) groups excluding carboxylic acids is 1. The fourth-order valence-corrected chi connectivity index (χ4v) is 5.49. The van der Waals surface area contributed by atoms with Gasteiger partial charge in [-0.15, -0.1) is 21.5 Å². The van der Waals surface area contributed by atoms with Gasteiger partial charge < -0.3 is 9.47 Å². The molecule has 146 valence electrons. The van der Waals surface area contributed by atoms with Crippen molar-refractivity contribution in [2.24, 2.45) is 7.05 Å². The lowest BCUT2D eigenvalue weighted by Gasteiger charge is -2.35. The number of thioether (sulfide) groups is 1. The van der Waals surface area contributed by atoms with Gasteiger partial charge in [0.2, 0.25) is 5.91 Å². The molecule has 8 heteroatoms. The van der Waals surface area contributed by atoms with E-state index in [4.69, 9.17) is 11.6 Å². The first-order chi connectivity index (χ1) is 13.6. The monoisotopic (exact) mass is 432 g/mol. The number of thiophene rings is 1. The number of hydrogen-bond donors (Lipinski definition) is 0. The number of carbonyl (C=O) groups is 1. The predicted molar refractivity (Wildman–Crippen MR) is 115 cm³/mol. The van der Waals surface area contributed by atoms with Crippen LogP contribution in [0.4, 0.5) is 0 Å². The zero-order valence-electron chi connectivity index (χ0n) is 15.8. The smallest absolute Gasteiger partial charge is 0.233 e. The predicted octanol–water partition coefficient (Wildman–Crippen LogP) is 4.83. The standard InChI is InChI=1S/C20H21ClN4OS2/c1-3-16-15-9-11-27-17(15)8-10-25(16)18(26)12-28-20-23-22-19(24(20)2)13-4-6-14(21)7-5-13/h4-7,9,11,16H,3,8,10,12H2,1-2H3. The Bertz CT molecular complexity index is 983. The van der Waals surface area contributed by atoms with Gasteiger partial charge in [0.05, 0.1) is 11.8 Å². The number of fused-ring (bicyclic) bond motifs is 1. The normalized spacial score (nSPS) is 16.2. The quantitative estimate of drug-likeness (QED) is 0.542. The molecule has 1 atom stereocenters. The maximum Gasteiger partial charge on any atom is 0.233 e. The van der Waals surface area contributed by atoms with E-state index in [1.54, 1.807) is 11.3 Å². The summed E-state index contributed by atoms with van der Waals surface area (Å²) in [4.78, 5) is 16.4. The van der Waals surface area contributed by atoms with Crippen molar-refractivity contribution in [3.8, 4) is 11.4 Å². The van der Waals surface area contributed by atoms with Gasteiger partial charge in [0.15, 0.2) is 11.0 Å². The van der Waals surface area contributed by atoms with E-state index >= 15 is 0 Å². The van der Waals surface area contributed by atoms with Crippen LogP contribution in [-0.4, -0.2) is 37.9 Å². The maximum absolute atomic E-state index is 12.9. The third-order valence-electron chi connectivity index (χ3n) is 5.06. The van der Waals surface area contributed by atoms with Crippen molar-refractivity contribution in [3.05, 3.63) is 51.2 Å². The molecule has 0 saturated heterocycles. The minimum absolute atomic E-state index is 0.157. The summed E-state index contributed by atoms with van der Waals surface area (Å²) in [6.07, 6.45) is 1.88. The summed E-state index contributed by atoms with van der Waals surface area (Å²) < 4.78 is 1.92. The lowest BCUT2D eigenvalue weighted by molar-refractivity contribution is -0.131. The summed E-state index contributed by atoms with van der Waals surface area (Å²) >= 11 is 9.20. The van der Waals surface area contributed by atoms with E-state index in [0.29, 0.717) is 10.8 Å². The van der Waals surface area contributed by atoms with Crippen LogP contribution in [0.5, 0.6) is 0 Å². The molecule has 3 heterocycles. The fraction of sp³-hybridized carbons (Fsp3) is 0.350. The maximum atomic E-state index is 12.9. The van der Waals surface area contributed by atoms with Crippen LogP contribution < -0.4 is 0 Å². The Morgan fingerprint density at radius 1 is 1.29 bits per heavy atom. The third kappa shape index (κ3) is 3.71.